The molecule has 0 aromatic rings. The molecule has 0 spiro atoms. The topological polar surface area (TPSA) is 87.7 Å². The minimum absolute atomic E-state index is 0.429. The van der Waals surface area contributed by atoms with E-state index in [2.05, 4.69) is 10.6 Å². The van der Waals surface area contributed by atoms with E-state index < -0.39 is 23.5 Å². The molecule has 0 bridgehead atoms. The molecule has 3 N–H and O–H groups in total. The van der Waals surface area contributed by atoms with Crippen LogP contribution in [0, 0.1) is 11.3 Å². The van der Waals surface area contributed by atoms with Gasteiger partial charge in [0.2, 0.25) is 0 Å². The highest BCUT2D eigenvalue weighted by Crippen LogP contribution is 2.19. The van der Waals surface area contributed by atoms with Crippen LogP contribution in [0.15, 0.2) is 0 Å². The van der Waals surface area contributed by atoms with Crippen molar-refractivity contribution >= 4 is 12.0 Å². The van der Waals surface area contributed by atoms with Gasteiger partial charge in [-0.15, -0.1) is 0 Å². The summed E-state index contributed by atoms with van der Waals surface area (Å²) in [7, 11) is 0. The predicted molar refractivity (Wildman–Crippen MR) is 71.0 cm³/mol. The van der Waals surface area contributed by atoms with Gasteiger partial charge in [-0.25, -0.2) is 9.59 Å². The fourth-order valence-corrected chi connectivity index (χ4v) is 2.03. The van der Waals surface area contributed by atoms with Crippen molar-refractivity contribution in [3.05, 3.63) is 0 Å². The van der Waals surface area contributed by atoms with E-state index >= 15 is 0 Å². The lowest BCUT2D eigenvalue weighted by molar-refractivity contribution is -0.141. The molecule has 0 aliphatic carbocycles. The standard InChI is InChI=1S/C13H24N2O4/c1-13(2,3)10(11(16)17)15-12(18)14-6-4-9-5-7-19-8-9/h9-10H,4-8H2,1-3H3,(H,16,17)(H2,14,15,18). The lowest BCUT2D eigenvalue weighted by Gasteiger charge is -2.27. The van der Waals surface area contributed by atoms with E-state index in [4.69, 9.17) is 9.84 Å². The highest BCUT2D eigenvalue weighted by atomic mass is 16.5. The van der Waals surface area contributed by atoms with Crippen molar-refractivity contribution in [2.75, 3.05) is 19.8 Å². The van der Waals surface area contributed by atoms with E-state index in [1.54, 1.807) is 20.8 Å². The number of urea groups is 1. The van der Waals surface area contributed by atoms with E-state index in [9.17, 15) is 9.59 Å². The first-order valence-electron chi connectivity index (χ1n) is 6.65. The maximum atomic E-state index is 11.7. The number of nitrogens with one attached hydrogen (secondary N) is 2. The Morgan fingerprint density at radius 3 is 2.58 bits per heavy atom. The first kappa shape index (κ1) is 15.8. The number of carboxylic acids is 1. The summed E-state index contributed by atoms with van der Waals surface area (Å²) in [5.41, 5.74) is -0.525. The molecule has 2 amide bonds. The van der Waals surface area contributed by atoms with E-state index in [0.29, 0.717) is 12.5 Å². The van der Waals surface area contributed by atoms with Gasteiger partial charge in [0, 0.05) is 19.8 Å². The molecule has 0 radical (unpaired) electrons. The summed E-state index contributed by atoms with van der Waals surface area (Å²) in [6.07, 6.45) is 1.89. The smallest absolute Gasteiger partial charge is 0.326 e. The van der Waals surface area contributed by atoms with Crippen molar-refractivity contribution in [1.82, 2.24) is 10.6 Å². The summed E-state index contributed by atoms with van der Waals surface area (Å²) >= 11 is 0. The summed E-state index contributed by atoms with van der Waals surface area (Å²) in [5, 5.41) is 14.3. The third-order valence-corrected chi connectivity index (χ3v) is 3.25. The lowest BCUT2D eigenvalue weighted by Crippen LogP contribution is -2.52. The van der Waals surface area contributed by atoms with Crippen molar-refractivity contribution in [2.45, 2.75) is 39.7 Å². The lowest BCUT2D eigenvalue weighted by atomic mass is 9.87. The third-order valence-electron chi connectivity index (χ3n) is 3.25. The molecule has 110 valence electrons. The zero-order chi connectivity index (χ0) is 14.5. The van der Waals surface area contributed by atoms with Crippen LogP contribution in [0.25, 0.3) is 0 Å². The molecule has 2 unspecified atom stereocenters. The van der Waals surface area contributed by atoms with Crippen molar-refractivity contribution < 1.29 is 19.4 Å². The molecule has 1 heterocycles. The number of aliphatic carboxylic acids is 1. The Balaban J connectivity index is 2.30. The van der Waals surface area contributed by atoms with Crippen LogP contribution in [0.4, 0.5) is 4.79 Å². The van der Waals surface area contributed by atoms with Crippen LogP contribution in [-0.2, 0) is 9.53 Å². The van der Waals surface area contributed by atoms with Gasteiger partial charge < -0.3 is 20.5 Å². The van der Waals surface area contributed by atoms with Crippen LogP contribution < -0.4 is 10.6 Å². The summed E-state index contributed by atoms with van der Waals surface area (Å²) in [6.45, 7) is 7.42. The van der Waals surface area contributed by atoms with Crippen molar-refractivity contribution in [3.8, 4) is 0 Å². The molecule has 19 heavy (non-hydrogen) atoms. The van der Waals surface area contributed by atoms with Crippen LogP contribution in [0.1, 0.15) is 33.6 Å². The molecular weight excluding hydrogens is 248 g/mol. The first-order chi connectivity index (χ1) is 8.80. The number of hydrogen-bond donors (Lipinski definition) is 3. The Labute approximate surface area is 113 Å². The number of carbonyl (C=O) groups excluding carboxylic acids is 1. The minimum Gasteiger partial charge on any atom is -0.480 e. The minimum atomic E-state index is -1.02. The Morgan fingerprint density at radius 2 is 2.11 bits per heavy atom. The van der Waals surface area contributed by atoms with Crippen LogP contribution in [0.5, 0.6) is 0 Å². The number of carboxylic acid groups (broad SMARTS) is 1. The Bertz CT molecular complexity index is 319. The third kappa shape index (κ3) is 5.46. The fraction of sp³-hybridized carbons (Fsp3) is 0.846. The maximum Gasteiger partial charge on any atom is 0.326 e. The monoisotopic (exact) mass is 272 g/mol. The molecule has 2 atom stereocenters. The van der Waals surface area contributed by atoms with Gasteiger partial charge in [-0.2, -0.15) is 0 Å². The fourth-order valence-electron chi connectivity index (χ4n) is 2.03. The van der Waals surface area contributed by atoms with E-state index in [1.807, 2.05) is 0 Å². The maximum absolute atomic E-state index is 11.7. The van der Waals surface area contributed by atoms with Gasteiger partial charge in [0.15, 0.2) is 0 Å². The summed E-state index contributed by atoms with van der Waals surface area (Å²) in [5.74, 6) is -0.523. The summed E-state index contributed by atoms with van der Waals surface area (Å²) < 4.78 is 5.25. The molecule has 0 aromatic heterocycles. The van der Waals surface area contributed by atoms with Gasteiger partial charge in [0.1, 0.15) is 6.04 Å². The Kier molecular flexibility index (Phi) is 5.60. The van der Waals surface area contributed by atoms with Crippen LogP contribution in [0.3, 0.4) is 0 Å². The Hall–Kier alpha value is -1.30. The zero-order valence-electron chi connectivity index (χ0n) is 11.9. The average molecular weight is 272 g/mol. The molecule has 6 heteroatoms. The predicted octanol–water partition coefficient (Wildman–Crippen LogP) is 1.21. The second-order valence-electron chi connectivity index (χ2n) is 6.06. The number of hydrogen-bond acceptors (Lipinski definition) is 3. The SMILES string of the molecule is CC(C)(C)C(NC(=O)NCCC1CCOC1)C(=O)O. The van der Waals surface area contributed by atoms with Gasteiger partial charge in [0.05, 0.1) is 0 Å². The molecule has 6 nitrogen and oxygen atoms in total. The van der Waals surface area contributed by atoms with Crippen molar-refractivity contribution in [1.29, 1.82) is 0 Å². The number of rotatable bonds is 5. The van der Waals surface area contributed by atoms with E-state index in [-0.39, 0.29) is 0 Å². The summed E-state index contributed by atoms with van der Waals surface area (Å²) in [4.78, 5) is 22.8. The van der Waals surface area contributed by atoms with Crippen LogP contribution in [0.2, 0.25) is 0 Å². The van der Waals surface area contributed by atoms with Crippen molar-refractivity contribution in [3.63, 3.8) is 0 Å². The van der Waals surface area contributed by atoms with E-state index in [0.717, 1.165) is 26.1 Å². The molecule has 1 aliphatic rings. The first-order valence-corrected chi connectivity index (χ1v) is 6.65. The average Bonchev–Trinajstić information content (AvgIpc) is 2.77. The van der Waals surface area contributed by atoms with E-state index in [1.165, 1.54) is 0 Å². The summed E-state index contributed by atoms with van der Waals surface area (Å²) in [6, 6.07) is -1.33. The Morgan fingerprint density at radius 1 is 1.42 bits per heavy atom. The molecule has 1 rings (SSSR count). The van der Waals surface area contributed by atoms with Crippen molar-refractivity contribution in [2.24, 2.45) is 11.3 Å². The highest BCUT2D eigenvalue weighted by molar-refractivity contribution is 5.83. The molecule has 0 aromatic carbocycles. The number of amides is 2. The molecule has 1 saturated heterocycles. The number of ether oxygens (including phenoxy) is 1. The molecular formula is C13H24N2O4. The van der Waals surface area contributed by atoms with Gasteiger partial charge in [-0.05, 0) is 24.2 Å². The van der Waals surface area contributed by atoms with Gasteiger partial charge in [-0.3, -0.25) is 0 Å². The number of carbonyl (C=O) groups is 2. The van der Waals surface area contributed by atoms with Gasteiger partial charge in [-0.1, -0.05) is 20.8 Å². The normalized spacial score (nSPS) is 20.9. The largest absolute Gasteiger partial charge is 0.480 e. The second-order valence-corrected chi connectivity index (χ2v) is 6.06. The molecule has 1 fully saturated rings. The second kappa shape index (κ2) is 6.75. The van der Waals surface area contributed by atoms with Gasteiger partial charge >= 0.3 is 12.0 Å². The highest BCUT2D eigenvalue weighted by Gasteiger charge is 2.32. The van der Waals surface area contributed by atoms with Gasteiger partial charge in [0.25, 0.3) is 0 Å². The zero-order valence-corrected chi connectivity index (χ0v) is 11.9. The van der Waals surface area contributed by atoms with Crippen LogP contribution >= 0.6 is 0 Å². The molecule has 1 aliphatic heterocycles. The van der Waals surface area contributed by atoms with Crippen LogP contribution in [-0.4, -0.2) is 42.9 Å². The quantitative estimate of drug-likeness (QED) is 0.702. The molecule has 0 saturated carbocycles.